The number of hydrogen-bond donors (Lipinski definition) is 0. The second-order valence-corrected chi connectivity index (χ2v) is 6.21. The van der Waals surface area contributed by atoms with Gasteiger partial charge in [0.2, 0.25) is 0 Å². The molecule has 2 aromatic heterocycles. The van der Waals surface area contributed by atoms with Gasteiger partial charge in [-0.05, 0) is 39.9 Å². The van der Waals surface area contributed by atoms with Gasteiger partial charge in [0.1, 0.15) is 0 Å². The molecule has 0 radical (unpaired) electrons. The van der Waals surface area contributed by atoms with Gasteiger partial charge in [0, 0.05) is 24.5 Å². The maximum atomic E-state index is 6.17. The summed E-state index contributed by atoms with van der Waals surface area (Å²) < 4.78 is 0. The molecule has 0 bridgehead atoms. The maximum absolute atomic E-state index is 6.17. The summed E-state index contributed by atoms with van der Waals surface area (Å²) in [5.74, 6) is 0. The SMILES string of the molecule is Cc1nnc(Cl)c2cc(N3CCC(N(C)C)CC3)cnc12. The number of halogens is 1. The molecule has 0 unspecified atom stereocenters. The van der Waals surface area contributed by atoms with Crippen LogP contribution in [0, 0.1) is 6.92 Å². The third-order valence-corrected chi connectivity index (χ3v) is 4.57. The van der Waals surface area contributed by atoms with E-state index in [-0.39, 0.29) is 0 Å². The lowest BCUT2D eigenvalue weighted by Gasteiger charge is -2.36. The first-order valence-corrected chi connectivity index (χ1v) is 7.64. The monoisotopic (exact) mass is 305 g/mol. The van der Waals surface area contributed by atoms with E-state index in [0.29, 0.717) is 11.2 Å². The lowest BCUT2D eigenvalue weighted by molar-refractivity contribution is 0.249. The lowest BCUT2D eigenvalue weighted by Crippen LogP contribution is -2.42. The summed E-state index contributed by atoms with van der Waals surface area (Å²) in [5.41, 5.74) is 2.77. The summed E-state index contributed by atoms with van der Waals surface area (Å²) >= 11 is 6.17. The van der Waals surface area contributed by atoms with E-state index in [1.165, 1.54) is 12.8 Å². The topological polar surface area (TPSA) is 45.2 Å². The summed E-state index contributed by atoms with van der Waals surface area (Å²) in [6, 6.07) is 2.76. The number of aromatic nitrogens is 3. The molecule has 1 fully saturated rings. The molecular weight excluding hydrogens is 286 g/mol. The fourth-order valence-corrected chi connectivity index (χ4v) is 3.11. The average molecular weight is 306 g/mol. The zero-order valence-electron chi connectivity index (χ0n) is 12.7. The predicted molar refractivity (Wildman–Crippen MR) is 86.0 cm³/mol. The van der Waals surface area contributed by atoms with Crippen LogP contribution in [-0.4, -0.2) is 53.3 Å². The first-order chi connectivity index (χ1) is 10.1. The van der Waals surface area contributed by atoms with Gasteiger partial charge in [-0.2, -0.15) is 5.10 Å². The van der Waals surface area contributed by atoms with Gasteiger partial charge >= 0.3 is 0 Å². The molecule has 112 valence electrons. The van der Waals surface area contributed by atoms with E-state index in [0.717, 1.165) is 35.4 Å². The van der Waals surface area contributed by atoms with Crippen LogP contribution in [0.2, 0.25) is 5.15 Å². The Kier molecular flexibility index (Phi) is 3.95. The fraction of sp³-hybridized carbons (Fsp3) is 0.533. The molecule has 6 heteroatoms. The second kappa shape index (κ2) is 5.73. The minimum atomic E-state index is 0.424. The van der Waals surface area contributed by atoms with Crippen molar-refractivity contribution >= 4 is 28.2 Å². The van der Waals surface area contributed by atoms with E-state index in [2.05, 4.69) is 45.1 Å². The number of pyridine rings is 1. The minimum absolute atomic E-state index is 0.424. The lowest BCUT2D eigenvalue weighted by atomic mass is 10.0. The molecule has 3 heterocycles. The Balaban J connectivity index is 1.87. The number of hydrogen-bond acceptors (Lipinski definition) is 5. The molecule has 0 aliphatic carbocycles. The molecule has 1 saturated heterocycles. The minimum Gasteiger partial charge on any atom is -0.370 e. The van der Waals surface area contributed by atoms with Crippen molar-refractivity contribution in [3.8, 4) is 0 Å². The highest BCUT2D eigenvalue weighted by atomic mass is 35.5. The van der Waals surface area contributed by atoms with Gasteiger partial charge in [0.25, 0.3) is 0 Å². The van der Waals surface area contributed by atoms with Crippen LogP contribution in [0.25, 0.3) is 10.9 Å². The highest BCUT2D eigenvalue weighted by Gasteiger charge is 2.21. The molecule has 0 amide bonds. The van der Waals surface area contributed by atoms with Gasteiger partial charge in [-0.25, -0.2) is 0 Å². The number of piperidine rings is 1. The zero-order valence-corrected chi connectivity index (χ0v) is 13.4. The first-order valence-electron chi connectivity index (χ1n) is 7.26. The van der Waals surface area contributed by atoms with Gasteiger partial charge in [-0.3, -0.25) is 4.98 Å². The summed E-state index contributed by atoms with van der Waals surface area (Å²) in [6.45, 7) is 4.00. The maximum Gasteiger partial charge on any atom is 0.161 e. The van der Waals surface area contributed by atoms with Crippen LogP contribution in [0.1, 0.15) is 18.5 Å². The number of anilines is 1. The van der Waals surface area contributed by atoms with Crippen molar-refractivity contribution in [2.24, 2.45) is 0 Å². The molecule has 21 heavy (non-hydrogen) atoms. The normalized spacial score (nSPS) is 16.9. The van der Waals surface area contributed by atoms with Crippen LogP contribution in [0.3, 0.4) is 0 Å². The van der Waals surface area contributed by atoms with Gasteiger partial charge < -0.3 is 9.80 Å². The van der Waals surface area contributed by atoms with Crippen molar-refractivity contribution < 1.29 is 0 Å². The molecule has 0 saturated carbocycles. The number of fused-ring (bicyclic) bond motifs is 1. The quantitative estimate of drug-likeness (QED) is 0.853. The molecule has 3 rings (SSSR count). The van der Waals surface area contributed by atoms with Gasteiger partial charge in [-0.15, -0.1) is 5.10 Å². The number of aryl methyl sites for hydroxylation is 1. The molecule has 5 nitrogen and oxygen atoms in total. The van der Waals surface area contributed by atoms with Crippen molar-refractivity contribution in [1.82, 2.24) is 20.1 Å². The van der Waals surface area contributed by atoms with Crippen molar-refractivity contribution in [3.05, 3.63) is 23.1 Å². The average Bonchev–Trinajstić information content (AvgIpc) is 2.51. The van der Waals surface area contributed by atoms with Crippen LogP contribution < -0.4 is 4.90 Å². The van der Waals surface area contributed by atoms with E-state index in [9.17, 15) is 0 Å². The van der Waals surface area contributed by atoms with Crippen LogP contribution in [-0.2, 0) is 0 Å². The number of nitrogens with zero attached hydrogens (tertiary/aromatic N) is 5. The Bertz CT molecular complexity index is 650. The fourth-order valence-electron chi connectivity index (χ4n) is 2.93. The van der Waals surface area contributed by atoms with E-state index in [1.54, 1.807) is 0 Å². The second-order valence-electron chi connectivity index (χ2n) is 5.85. The summed E-state index contributed by atoms with van der Waals surface area (Å²) in [6.07, 6.45) is 4.27. The molecule has 0 aromatic carbocycles. The Labute approximate surface area is 129 Å². The third-order valence-electron chi connectivity index (χ3n) is 4.29. The molecular formula is C15H20ClN5. The summed E-state index contributed by atoms with van der Waals surface area (Å²) in [4.78, 5) is 9.22. The van der Waals surface area contributed by atoms with Gasteiger partial charge in [0.05, 0.1) is 23.1 Å². The Morgan fingerprint density at radius 1 is 1.24 bits per heavy atom. The summed E-state index contributed by atoms with van der Waals surface area (Å²) in [7, 11) is 4.30. The molecule has 2 aromatic rings. The molecule has 0 atom stereocenters. The third kappa shape index (κ3) is 2.80. The first kappa shape index (κ1) is 14.5. The van der Waals surface area contributed by atoms with Crippen molar-refractivity contribution in [2.45, 2.75) is 25.8 Å². The molecule has 0 N–H and O–H groups in total. The van der Waals surface area contributed by atoms with Crippen molar-refractivity contribution in [3.63, 3.8) is 0 Å². The predicted octanol–water partition coefficient (Wildman–Crippen LogP) is 2.52. The van der Waals surface area contributed by atoms with Crippen LogP contribution >= 0.6 is 11.6 Å². The van der Waals surface area contributed by atoms with E-state index in [1.807, 2.05) is 13.1 Å². The Morgan fingerprint density at radius 3 is 2.62 bits per heavy atom. The van der Waals surface area contributed by atoms with E-state index in [4.69, 9.17) is 11.6 Å². The largest absolute Gasteiger partial charge is 0.370 e. The Hall–Kier alpha value is -1.46. The molecule has 1 aliphatic heterocycles. The highest BCUT2D eigenvalue weighted by Crippen LogP contribution is 2.27. The van der Waals surface area contributed by atoms with Gasteiger partial charge in [0.15, 0.2) is 5.15 Å². The van der Waals surface area contributed by atoms with Crippen LogP contribution in [0.5, 0.6) is 0 Å². The zero-order chi connectivity index (χ0) is 15.0. The smallest absolute Gasteiger partial charge is 0.161 e. The molecule has 0 spiro atoms. The summed E-state index contributed by atoms with van der Waals surface area (Å²) in [5, 5.41) is 9.30. The highest BCUT2D eigenvalue weighted by molar-refractivity contribution is 6.34. The number of rotatable bonds is 2. The van der Waals surface area contributed by atoms with Crippen molar-refractivity contribution in [1.29, 1.82) is 0 Å². The standard InChI is InChI=1S/C15H20ClN5/c1-10-14-13(15(16)19-18-10)8-12(9-17-14)21-6-4-11(5-7-21)20(2)3/h8-9,11H,4-7H2,1-3H3. The van der Waals surface area contributed by atoms with E-state index < -0.39 is 0 Å². The van der Waals surface area contributed by atoms with Crippen LogP contribution in [0.4, 0.5) is 5.69 Å². The van der Waals surface area contributed by atoms with Gasteiger partial charge in [-0.1, -0.05) is 11.6 Å². The Morgan fingerprint density at radius 2 is 1.95 bits per heavy atom. The van der Waals surface area contributed by atoms with Crippen LogP contribution in [0.15, 0.2) is 12.3 Å². The van der Waals surface area contributed by atoms with E-state index >= 15 is 0 Å². The molecule has 1 aliphatic rings. The van der Waals surface area contributed by atoms with Crippen molar-refractivity contribution in [2.75, 3.05) is 32.1 Å².